The van der Waals surface area contributed by atoms with E-state index in [2.05, 4.69) is 14.7 Å². The van der Waals surface area contributed by atoms with Gasteiger partial charge in [0, 0.05) is 16.6 Å². The van der Waals surface area contributed by atoms with Gasteiger partial charge in [-0.1, -0.05) is 0 Å². The summed E-state index contributed by atoms with van der Waals surface area (Å²) in [5.41, 5.74) is 0.160. The molecule has 0 unspecified atom stereocenters. The van der Waals surface area contributed by atoms with Crippen LogP contribution < -0.4 is 4.74 Å². The van der Waals surface area contributed by atoms with Crippen LogP contribution in [0.1, 0.15) is 17.1 Å². The van der Waals surface area contributed by atoms with Crippen LogP contribution in [-0.4, -0.2) is 16.3 Å². The molecule has 0 radical (unpaired) electrons. The molecule has 0 aliphatic carbocycles. The van der Waals surface area contributed by atoms with E-state index in [9.17, 15) is 17.6 Å². The molecule has 7 heteroatoms. The average Bonchev–Trinajstić information content (AvgIpc) is 2.25. The van der Waals surface area contributed by atoms with Gasteiger partial charge >= 0.3 is 6.36 Å². The fourth-order valence-electron chi connectivity index (χ4n) is 1.82. The summed E-state index contributed by atoms with van der Waals surface area (Å²) in [7, 11) is 0. The first-order valence-corrected chi connectivity index (χ1v) is 5.39. The summed E-state index contributed by atoms with van der Waals surface area (Å²) in [6, 6.07) is 1.11. The van der Waals surface area contributed by atoms with Crippen molar-refractivity contribution in [3.8, 4) is 5.75 Å². The van der Waals surface area contributed by atoms with Crippen molar-refractivity contribution in [1.29, 1.82) is 0 Å². The topological polar surface area (TPSA) is 35.0 Å². The van der Waals surface area contributed by atoms with Crippen molar-refractivity contribution in [1.82, 2.24) is 9.97 Å². The summed E-state index contributed by atoms with van der Waals surface area (Å²) < 4.78 is 54.6. The van der Waals surface area contributed by atoms with Gasteiger partial charge in [0.15, 0.2) is 5.82 Å². The van der Waals surface area contributed by atoms with Gasteiger partial charge in [-0.15, -0.1) is 13.2 Å². The number of fused-ring (bicyclic) bond motifs is 1. The standard InChI is InChI=1S/C12H10F4N2O/c1-5-9(19-12(14,15)16)4-8-6(2)17-7(3)18-11(8)10(5)13/h4H,1-3H3. The second kappa shape index (κ2) is 4.32. The van der Waals surface area contributed by atoms with E-state index in [1.807, 2.05) is 0 Å². The Bertz CT molecular complexity index is 652. The molecule has 0 saturated carbocycles. The molecule has 0 amide bonds. The Balaban J connectivity index is 2.73. The maximum absolute atomic E-state index is 14.1. The number of aryl methyl sites for hydroxylation is 2. The molecule has 0 aliphatic heterocycles. The number of benzene rings is 1. The van der Waals surface area contributed by atoms with Crippen LogP contribution in [0.15, 0.2) is 6.07 Å². The van der Waals surface area contributed by atoms with Gasteiger partial charge in [0.2, 0.25) is 0 Å². The van der Waals surface area contributed by atoms with E-state index in [1.165, 1.54) is 6.92 Å². The van der Waals surface area contributed by atoms with Gasteiger partial charge in [-0.05, 0) is 26.8 Å². The predicted octanol–water partition coefficient (Wildman–Crippen LogP) is 3.59. The van der Waals surface area contributed by atoms with Crippen LogP contribution in [0, 0.1) is 26.6 Å². The summed E-state index contributed by atoms with van der Waals surface area (Å²) in [5, 5.41) is 0.202. The third-order valence-corrected chi connectivity index (χ3v) is 2.66. The van der Waals surface area contributed by atoms with Crippen LogP contribution in [0.5, 0.6) is 5.75 Å². The van der Waals surface area contributed by atoms with Crippen LogP contribution in [0.4, 0.5) is 17.6 Å². The Hall–Kier alpha value is -1.92. The zero-order valence-electron chi connectivity index (χ0n) is 10.4. The van der Waals surface area contributed by atoms with Crippen molar-refractivity contribution in [2.24, 2.45) is 0 Å². The average molecular weight is 274 g/mol. The Morgan fingerprint density at radius 2 is 1.74 bits per heavy atom. The number of rotatable bonds is 1. The second-order valence-electron chi connectivity index (χ2n) is 4.11. The van der Waals surface area contributed by atoms with Gasteiger partial charge in [0.1, 0.15) is 17.1 Å². The van der Waals surface area contributed by atoms with Gasteiger partial charge in [0.25, 0.3) is 0 Å². The Morgan fingerprint density at radius 3 is 2.32 bits per heavy atom. The molecule has 1 aromatic heterocycles. The van der Waals surface area contributed by atoms with Crippen LogP contribution >= 0.6 is 0 Å². The van der Waals surface area contributed by atoms with Crippen LogP contribution in [0.25, 0.3) is 10.9 Å². The SMILES string of the molecule is Cc1nc(C)c2cc(OC(F)(F)F)c(C)c(F)c2n1. The lowest BCUT2D eigenvalue weighted by atomic mass is 10.1. The van der Waals surface area contributed by atoms with E-state index >= 15 is 0 Å². The molecule has 0 aliphatic rings. The number of aromatic nitrogens is 2. The number of alkyl halides is 3. The predicted molar refractivity (Wildman–Crippen MR) is 60.4 cm³/mol. The van der Waals surface area contributed by atoms with E-state index in [-0.39, 0.29) is 16.5 Å². The first-order valence-electron chi connectivity index (χ1n) is 5.39. The minimum Gasteiger partial charge on any atom is -0.405 e. The second-order valence-corrected chi connectivity index (χ2v) is 4.11. The smallest absolute Gasteiger partial charge is 0.405 e. The molecular weight excluding hydrogens is 264 g/mol. The molecule has 1 aromatic carbocycles. The molecule has 0 atom stereocenters. The summed E-state index contributed by atoms with van der Waals surface area (Å²) in [6.45, 7) is 4.37. The van der Waals surface area contributed by atoms with Crippen molar-refractivity contribution in [3.63, 3.8) is 0 Å². The molecule has 0 saturated heterocycles. The number of ether oxygens (including phenoxy) is 1. The summed E-state index contributed by atoms with van der Waals surface area (Å²) in [5.74, 6) is -1.05. The first-order chi connectivity index (χ1) is 8.69. The van der Waals surface area contributed by atoms with E-state index in [1.54, 1.807) is 13.8 Å². The number of hydrogen-bond donors (Lipinski definition) is 0. The maximum atomic E-state index is 14.1. The third kappa shape index (κ3) is 2.59. The van der Waals surface area contributed by atoms with E-state index in [4.69, 9.17) is 0 Å². The minimum atomic E-state index is -4.87. The molecule has 0 spiro atoms. The van der Waals surface area contributed by atoms with Crippen LogP contribution in [-0.2, 0) is 0 Å². The van der Waals surface area contributed by atoms with Crippen LogP contribution in [0.3, 0.4) is 0 Å². The Kier molecular flexibility index (Phi) is 3.07. The van der Waals surface area contributed by atoms with Crippen molar-refractivity contribution in [3.05, 3.63) is 29.0 Å². The minimum absolute atomic E-state index is 0.00276. The van der Waals surface area contributed by atoms with E-state index < -0.39 is 17.9 Å². The van der Waals surface area contributed by atoms with Crippen molar-refractivity contribution in [2.75, 3.05) is 0 Å². The number of nitrogens with zero attached hydrogens (tertiary/aromatic N) is 2. The molecule has 19 heavy (non-hydrogen) atoms. The van der Waals surface area contributed by atoms with Gasteiger partial charge in [-0.2, -0.15) is 0 Å². The highest BCUT2D eigenvalue weighted by molar-refractivity contribution is 5.84. The van der Waals surface area contributed by atoms with Gasteiger partial charge in [0.05, 0.1) is 0 Å². The monoisotopic (exact) mass is 274 g/mol. The number of hydrogen-bond acceptors (Lipinski definition) is 3. The van der Waals surface area contributed by atoms with E-state index in [0.29, 0.717) is 11.5 Å². The quantitative estimate of drug-likeness (QED) is 0.745. The first kappa shape index (κ1) is 13.5. The lowest BCUT2D eigenvalue weighted by molar-refractivity contribution is -0.274. The van der Waals surface area contributed by atoms with Crippen molar-refractivity contribution < 1.29 is 22.3 Å². The highest BCUT2D eigenvalue weighted by atomic mass is 19.4. The molecular formula is C12H10F4N2O. The highest BCUT2D eigenvalue weighted by Gasteiger charge is 2.32. The molecule has 1 heterocycles. The summed E-state index contributed by atoms with van der Waals surface area (Å²) in [6.07, 6.45) is -4.87. The van der Waals surface area contributed by atoms with Crippen molar-refractivity contribution >= 4 is 10.9 Å². The summed E-state index contributed by atoms with van der Waals surface area (Å²) >= 11 is 0. The normalized spacial score (nSPS) is 11.9. The zero-order chi connectivity index (χ0) is 14.4. The molecule has 0 fully saturated rings. The molecule has 0 bridgehead atoms. The van der Waals surface area contributed by atoms with Crippen molar-refractivity contribution in [2.45, 2.75) is 27.1 Å². The highest BCUT2D eigenvalue weighted by Crippen LogP contribution is 2.33. The molecule has 0 N–H and O–H groups in total. The Morgan fingerprint density at radius 1 is 1.11 bits per heavy atom. The molecule has 3 nitrogen and oxygen atoms in total. The fraction of sp³-hybridized carbons (Fsp3) is 0.333. The largest absolute Gasteiger partial charge is 0.573 e. The molecule has 2 aromatic rings. The molecule has 2 rings (SSSR count). The van der Waals surface area contributed by atoms with E-state index in [0.717, 1.165) is 6.07 Å². The van der Waals surface area contributed by atoms with Gasteiger partial charge in [-0.25, -0.2) is 14.4 Å². The summed E-state index contributed by atoms with van der Waals surface area (Å²) in [4.78, 5) is 7.91. The zero-order valence-corrected chi connectivity index (χ0v) is 10.4. The van der Waals surface area contributed by atoms with Gasteiger partial charge in [-0.3, -0.25) is 0 Å². The maximum Gasteiger partial charge on any atom is 0.573 e. The fourth-order valence-corrected chi connectivity index (χ4v) is 1.82. The lowest BCUT2D eigenvalue weighted by Crippen LogP contribution is -2.18. The van der Waals surface area contributed by atoms with Crippen LogP contribution in [0.2, 0.25) is 0 Å². The Labute approximate surface area is 106 Å². The van der Waals surface area contributed by atoms with Gasteiger partial charge < -0.3 is 4.74 Å². The number of halogens is 4. The third-order valence-electron chi connectivity index (χ3n) is 2.66. The molecule has 102 valence electrons. The lowest BCUT2D eigenvalue weighted by Gasteiger charge is -2.14.